The van der Waals surface area contributed by atoms with E-state index in [1.165, 1.54) is 4.90 Å². The first-order valence-corrected chi connectivity index (χ1v) is 16.5. The van der Waals surface area contributed by atoms with Gasteiger partial charge in [-0.1, -0.05) is 88.7 Å². The number of allylic oxidation sites excluding steroid dienone is 1. The monoisotopic (exact) mass is 691 g/mol. The second-order valence-corrected chi connectivity index (χ2v) is 13.4. The van der Waals surface area contributed by atoms with Crippen LogP contribution in [0.15, 0.2) is 83.4 Å². The third kappa shape index (κ3) is 5.69. The Morgan fingerprint density at radius 1 is 1.00 bits per heavy atom. The Labute approximate surface area is 276 Å². The fraction of sp³-hybridized carbons (Fsp3) is 0.429. The van der Waals surface area contributed by atoms with Gasteiger partial charge in [-0.15, -0.1) is 0 Å². The Hall–Kier alpha value is -3.80. The lowest BCUT2D eigenvalue weighted by Gasteiger charge is -2.37. The van der Waals surface area contributed by atoms with Gasteiger partial charge in [0.15, 0.2) is 0 Å². The number of hydrogen-bond acceptors (Lipinski definition) is 7. The number of carbonyl (C=O) groups is 4. The lowest BCUT2D eigenvalue weighted by atomic mass is 9.74. The number of halogens is 1. The Morgan fingerprint density at radius 2 is 1.70 bits per heavy atom. The molecule has 46 heavy (non-hydrogen) atoms. The number of rotatable bonds is 5. The molecular formula is C35H38BrN3O7. The van der Waals surface area contributed by atoms with Crippen LogP contribution in [0, 0.1) is 11.8 Å². The van der Waals surface area contributed by atoms with Gasteiger partial charge in [-0.05, 0) is 37.5 Å². The van der Waals surface area contributed by atoms with Gasteiger partial charge in [-0.3, -0.25) is 19.2 Å². The summed E-state index contributed by atoms with van der Waals surface area (Å²) in [7, 11) is 0. The zero-order valence-electron chi connectivity index (χ0n) is 25.8. The van der Waals surface area contributed by atoms with Crippen LogP contribution >= 0.6 is 15.9 Å². The molecule has 4 aliphatic rings. The predicted molar refractivity (Wildman–Crippen MR) is 172 cm³/mol. The molecule has 10 nitrogen and oxygen atoms in total. The fourth-order valence-corrected chi connectivity index (χ4v) is 7.95. The van der Waals surface area contributed by atoms with Gasteiger partial charge in [0.1, 0.15) is 29.8 Å². The Morgan fingerprint density at radius 3 is 2.39 bits per heavy atom. The van der Waals surface area contributed by atoms with Crippen molar-refractivity contribution in [3.8, 4) is 0 Å². The van der Waals surface area contributed by atoms with E-state index in [9.17, 15) is 24.3 Å². The molecule has 2 saturated heterocycles. The molecule has 1 spiro atoms. The van der Waals surface area contributed by atoms with Crippen LogP contribution in [0.5, 0.6) is 0 Å². The van der Waals surface area contributed by atoms with Crippen molar-refractivity contribution in [3.05, 3.63) is 94.5 Å². The highest BCUT2D eigenvalue weighted by Gasteiger charge is 2.75. The van der Waals surface area contributed by atoms with Crippen molar-refractivity contribution in [2.24, 2.45) is 11.8 Å². The van der Waals surface area contributed by atoms with E-state index in [0.717, 1.165) is 5.56 Å². The summed E-state index contributed by atoms with van der Waals surface area (Å²) in [6, 6.07) is 16.2. The zero-order chi connectivity index (χ0) is 32.6. The molecule has 0 aromatic heterocycles. The number of cyclic esters (lactones) is 1. The summed E-state index contributed by atoms with van der Waals surface area (Å²) >= 11 is 3.58. The van der Waals surface area contributed by atoms with E-state index in [0.29, 0.717) is 16.5 Å². The smallest absolute Gasteiger partial charge is 0.313 e. The standard InChI is InChI=1S/C35H38BrN3O7/c1-21(20-40)39-31-33(43)38(19-23-12-6-3-7-13-23)17-11-5-10-16-26(41)37-22(2)29(24-14-8-4-9-15-24)45-34(44)27-28(32(39)42)35(31)18-25(36)30(27)46-35/h3-9,11-15,18,21-22,27-31,40H,10,16-17,19-20H2,1-2H3,(H,37,41)/b11-5-/t21-,22+,27-,28+,29-,30-,31-,35+/m1/s1. The number of nitrogens with one attached hydrogen (secondary N) is 1. The molecule has 4 heterocycles. The summed E-state index contributed by atoms with van der Waals surface area (Å²) in [6.07, 6.45) is 4.42. The van der Waals surface area contributed by atoms with Crippen LogP contribution in [0.3, 0.4) is 0 Å². The van der Waals surface area contributed by atoms with Crippen LogP contribution in [0.25, 0.3) is 0 Å². The van der Waals surface area contributed by atoms with Gasteiger partial charge >= 0.3 is 5.97 Å². The molecule has 6 rings (SSSR count). The summed E-state index contributed by atoms with van der Waals surface area (Å²) < 4.78 is 13.3. The van der Waals surface area contributed by atoms with Gasteiger partial charge in [-0.25, -0.2) is 0 Å². The third-order valence-electron chi connectivity index (χ3n) is 9.38. The van der Waals surface area contributed by atoms with Crippen molar-refractivity contribution in [1.29, 1.82) is 0 Å². The lowest BCUT2D eigenvalue weighted by Crippen LogP contribution is -2.57. The van der Waals surface area contributed by atoms with Gasteiger partial charge in [0.05, 0.1) is 24.6 Å². The Kier molecular flexibility index (Phi) is 9.18. The molecule has 0 radical (unpaired) electrons. The van der Waals surface area contributed by atoms with Crippen LogP contribution in [-0.4, -0.2) is 81.6 Å². The highest BCUT2D eigenvalue weighted by Crippen LogP contribution is 2.59. The fourth-order valence-electron chi connectivity index (χ4n) is 7.22. The normalized spacial score (nSPS) is 32.9. The number of nitrogens with zero attached hydrogens (tertiary/aromatic N) is 2. The number of hydrogen-bond donors (Lipinski definition) is 2. The molecule has 4 aliphatic heterocycles. The summed E-state index contributed by atoms with van der Waals surface area (Å²) in [6.45, 7) is 3.55. The van der Waals surface area contributed by atoms with Crippen molar-refractivity contribution >= 4 is 39.6 Å². The largest absolute Gasteiger partial charge is 0.455 e. The molecule has 0 aliphatic carbocycles. The van der Waals surface area contributed by atoms with Gasteiger partial charge < -0.3 is 29.7 Å². The van der Waals surface area contributed by atoms with E-state index in [1.54, 1.807) is 24.8 Å². The molecule has 0 saturated carbocycles. The average Bonchev–Trinajstić information content (AvgIpc) is 3.65. The van der Waals surface area contributed by atoms with E-state index in [4.69, 9.17) is 9.47 Å². The number of aliphatic hydroxyl groups excluding tert-OH is 1. The van der Waals surface area contributed by atoms with E-state index >= 15 is 0 Å². The minimum atomic E-state index is -1.46. The second kappa shape index (κ2) is 13.1. The summed E-state index contributed by atoms with van der Waals surface area (Å²) in [5.41, 5.74) is 0.123. The van der Waals surface area contributed by atoms with Crippen molar-refractivity contribution in [3.63, 3.8) is 0 Å². The number of ether oxygens (including phenoxy) is 2. The molecule has 2 N–H and O–H groups in total. The van der Waals surface area contributed by atoms with E-state index in [2.05, 4.69) is 21.2 Å². The van der Waals surface area contributed by atoms with Crippen LogP contribution in [0.1, 0.15) is 43.9 Å². The number of amides is 3. The van der Waals surface area contributed by atoms with Crippen molar-refractivity contribution in [2.45, 2.75) is 69.2 Å². The molecule has 3 amide bonds. The molecule has 2 aromatic rings. The quantitative estimate of drug-likeness (QED) is 0.364. The maximum Gasteiger partial charge on any atom is 0.313 e. The summed E-state index contributed by atoms with van der Waals surface area (Å²) in [5, 5.41) is 13.2. The number of esters is 1. The molecular weight excluding hydrogens is 654 g/mol. The minimum Gasteiger partial charge on any atom is -0.455 e. The van der Waals surface area contributed by atoms with Crippen molar-refractivity contribution in [2.75, 3.05) is 13.2 Å². The third-order valence-corrected chi connectivity index (χ3v) is 10.1. The number of fused-ring (bicyclic) bond motifs is 2. The highest BCUT2D eigenvalue weighted by atomic mass is 79.9. The first kappa shape index (κ1) is 32.2. The minimum absolute atomic E-state index is 0.202. The summed E-state index contributed by atoms with van der Waals surface area (Å²) in [4.78, 5) is 59.4. The van der Waals surface area contributed by atoms with Crippen LogP contribution in [0.4, 0.5) is 0 Å². The van der Waals surface area contributed by atoms with Gasteiger partial charge in [-0.2, -0.15) is 0 Å². The molecule has 242 valence electrons. The highest BCUT2D eigenvalue weighted by molar-refractivity contribution is 9.11. The summed E-state index contributed by atoms with van der Waals surface area (Å²) in [5.74, 6) is -3.80. The molecule has 2 aromatic carbocycles. The van der Waals surface area contributed by atoms with Crippen LogP contribution < -0.4 is 5.32 Å². The predicted octanol–water partition coefficient (Wildman–Crippen LogP) is 3.41. The number of aliphatic hydroxyl groups is 1. The van der Waals surface area contributed by atoms with E-state index < -0.39 is 59.6 Å². The zero-order valence-corrected chi connectivity index (χ0v) is 27.3. The van der Waals surface area contributed by atoms with Crippen molar-refractivity contribution in [1.82, 2.24) is 15.1 Å². The second-order valence-electron chi connectivity index (χ2n) is 12.4. The lowest BCUT2D eigenvalue weighted by molar-refractivity contribution is -0.162. The van der Waals surface area contributed by atoms with Crippen molar-refractivity contribution < 1.29 is 33.8 Å². The van der Waals surface area contributed by atoms with E-state index in [-0.39, 0.29) is 37.9 Å². The maximum atomic E-state index is 14.7. The van der Waals surface area contributed by atoms with Gasteiger partial charge in [0, 0.05) is 24.0 Å². The van der Waals surface area contributed by atoms with Crippen LogP contribution in [-0.2, 0) is 35.2 Å². The van der Waals surface area contributed by atoms with Gasteiger partial charge in [0.25, 0.3) is 0 Å². The van der Waals surface area contributed by atoms with E-state index in [1.807, 2.05) is 72.8 Å². The average molecular weight is 693 g/mol. The Balaban J connectivity index is 1.45. The molecule has 11 heteroatoms. The molecule has 0 unspecified atom stereocenters. The topological polar surface area (TPSA) is 125 Å². The Bertz CT molecular complexity index is 1550. The first-order valence-electron chi connectivity index (χ1n) is 15.7. The number of benzene rings is 2. The molecule has 8 atom stereocenters. The number of likely N-dealkylation sites (tertiary alicyclic amines) is 1. The van der Waals surface area contributed by atoms with Crippen LogP contribution in [0.2, 0.25) is 0 Å². The van der Waals surface area contributed by atoms with Gasteiger partial charge in [0.2, 0.25) is 17.7 Å². The maximum absolute atomic E-state index is 14.7. The number of carbonyl (C=O) groups excluding carboxylic acids is 4. The molecule has 2 fully saturated rings. The molecule has 5 bridgehead atoms. The SMILES string of the molecule is C[C@@H]1NC(=O)CC/C=C\CN(Cc2ccccc2)C(=O)[C@H]2N([C@H](C)CO)C(=O)[C@@H]3[C@@H](C(=O)O[C@H]1c1ccccc1)[C@@H]1O[C@@]32C=C1Br. The first-order chi connectivity index (χ1) is 22.2.